The van der Waals surface area contributed by atoms with Crippen molar-refractivity contribution in [1.82, 2.24) is 0 Å². The Kier molecular flexibility index (Phi) is 7.99. The number of anilines is 2. The van der Waals surface area contributed by atoms with Crippen LogP contribution in [0.15, 0.2) is 95.7 Å². The van der Waals surface area contributed by atoms with E-state index in [0.29, 0.717) is 22.4 Å². The van der Waals surface area contributed by atoms with Crippen LogP contribution in [0.4, 0.5) is 24.5 Å². The maximum atomic E-state index is 14.4. The molecule has 1 unspecified atom stereocenters. The number of aliphatic hydroxyl groups is 1. The molecule has 3 aromatic carbocycles. The minimum atomic E-state index is -4.70. The van der Waals surface area contributed by atoms with Crippen molar-refractivity contribution < 1.29 is 23.1 Å². The minimum absolute atomic E-state index is 0.0885. The molecule has 5 nitrogen and oxygen atoms in total. The van der Waals surface area contributed by atoms with Crippen molar-refractivity contribution in [2.45, 2.75) is 52.6 Å². The van der Waals surface area contributed by atoms with Gasteiger partial charge >= 0.3 is 6.18 Å². The molecule has 224 valence electrons. The second-order valence-electron chi connectivity index (χ2n) is 11.8. The Bertz CT molecular complexity index is 1600. The molecule has 8 heteroatoms. The average molecular weight is 588 g/mol. The van der Waals surface area contributed by atoms with E-state index in [-0.39, 0.29) is 41.5 Å². The maximum absolute atomic E-state index is 14.4. The van der Waals surface area contributed by atoms with Gasteiger partial charge in [0, 0.05) is 53.5 Å². The lowest BCUT2D eigenvalue weighted by molar-refractivity contribution is -0.137. The lowest BCUT2D eigenvalue weighted by Gasteiger charge is -2.45. The Hall–Kier alpha value is -4.33. The normalized spacial score (nSPS) is 19.8. The van der Waals surface area contributed by atoms with Gasteiger partial charge in [-0.3, -0.25) is 15.1 Å². The summed E-state index contributed by atoms with van der Waals surface area (Å²) in [6.45, 7) is 9.55. The Labute approximate surface area is 250 Å². The number of para-hydroxylation sites is 1. The first-order valence-electron chi connectivity index (χ1n) is 14.5. The summed E-state index contributed by atoms with van der Waals surface area (Å²) >= 11 is 0. The number of hydrogen-bond acceptors (Lipinski definition) is 4. The van der Waals surface area contributed by atoms with Gasteiger partial charge in [0.15, 0.2) is 5.78 Å². The molecule has 1 heterocycles. The molecule has 0 fully saturated rings. The van der Waals surface area contributed by atoms with Crippen LogP contribution < -0.4 is 9.80 Å². The number of rotatable bonds is 6. The topological polar surface area (TPSA) is 67.6 Å². The number of allylic oxidation sites excluding steroid dienone is 2. The summed E-state index contributed by atoms with van der Waals surface area (Å²) in [5, 5.41) is 21.3. The van der Waals surface area contributed by atoms with Crippen LogP contribution in [0.3, 0.4) is 0 Å². The molecular formula is C35H36F3N3O2. The second kappa shape index (κ2) is 11.4. The third-order valence-corrected chi connectivity index (χ3v) is 8.33. The molecule has 0 saturated heterocycles. The third-order valence-electron chi connectivity index (χ3n) is 8.33. The fraction of sp³-hybridized carbons (Fsp3) is 0.314. The summed E-state index contributed by atoms with van der Waals surface area (Å²) in [7, 11) is 0. The highest BCUT2D eigenvalue weighted by molar-refractivity contribution is 6.20. The van der Waals surface area contributed by atoms with Crippen LogP contribution in [0.5, 0.6) is 0 Å². The zero-order chi connectivity index (χ0) is 31.1. The van der Waals surface area contributed by atoms with Crippen LogP contribution in [0.2, 0.25) is 0 Å². The first-order chi connectivity index (χ1) is 20.4. The summed E-state index contributed by atoms with van der Waals surface area (Å²) in [6, 6.07) is 21.4. The minimum Gasteiger partial charge on any atom is -0.507 e. The van der Waals surface area contributed by atoms with Crippen LogP contribution in [0.1, 0.15) is 63.1 Å². The van der Waals surface area contributed by atoms with Crippen molar-refractivity contribution in [1.29, 1.82) is 5.41 Å². The van der Waals surface area contributed by atoms with E-state index in [2.05, 4.69) is 18.7 Å². The molecule has 0 spiro atoms. The third kappa shape index (κ3) is 5.58. The van der Waals surface area contributed by atoms with Crippen molar-refractivity contribution in [3.8, 4) is 0 Å². The molecule has 0 saturated carbocycles. The Morgan fingerprint density at radius 2 is 1.56 bits per heavy atom. The van der Waals surface area contributed by atoms with Gasteiger partial charge in [0.1, 0.15) is 11.6 Å². The molecule has 0 amide bonds. The molecule has 3 aromatic rings. The number of nitrogens with zero attached hydrogens (tertiary/aromatic N) is 2. The number of alkyl halides is 3. The number of halogens is 3. The fourth-order valence-electron chi connectivity index (χ4n) is 6.34. The monoisotopic (exact) mass is 587 g/mol. The van der Waals surface area contributed by atoms with E-state index in [1.807, 2.05) is 38.1 Å². The van der Waals surface area contributed by atoms with Gasteiger partial charge in [-0.25, -0.2) is 0 Å². The van der Waals surface area contributed by atoms with Crippen molar-refractivity contribution in [3.63, 3.8) is 0 Å². The van der Waals surface area contributed by atoms with Gasteiger partial charge in [0.25, 0.3) is 0 Å². The van der Waals surface area contributed by atoms with E-state index in [4.69, 9.17) is 0 Å². The standard InChI is InChI=1S/C35H36F3N3O2/c1-5-40(6-2)24-18-16-22(17-19-24)29-30-27(20-34(3,4)21-28(30)42)41(26-15-11-10-14-25(26)35(36,37)38)33(39)31(29)32(43)23-12-8-7-9-13-23/h7-19,29,39,43H,5-6,20-21H2,1-4H3. The van der Waals surface area contributed by atoms with Gasteiger partial charge in [0.2, 0.25) is 0 Å². The van der Waals surface area contributed by atoms with Gasteiger partial charge < -0.3 is 10.0 Å². The van der Waals surface area contributed by atoms with E-state index in [0.717, 1.165) is 24.8 Å². The van der Waals surface area contributed by atoms with Crippen LogP contribution in [0.25, 0.3) is 5.76 Å². The second-order valence-corrected chi connectivity index (χ2v) is 11.8. The Morgan fingerprint density at radius 1 is 0.953 bits per heavy atom. The molecular weight excluding hydrogens is 551 g/mol. The van der Waals surface area contributed by atoms with E-state index in [1.165, 1.54) is 23.1 Å². The first-order valence-corrected chi connectivity index (χ1v) is 14.5. The molecule has 0 radical (unpaired) electrons. The van der Waals surface area contributed by atoms with E-state index in [1.54, 1.807) is 30.3 Å². The summed E-state index contributed by atoms with van der Waals surface area (Å²) in [4.78, 5) is 17.5. The number of benzene rings is 3. The number of nitrogens with one attached hydrogen (secondary N) is 1. The molecule has 0 bridgehead atoms. The molecule has 43 heavy (non-hydrogen) atoms. The smallest absolute Gasteiger partial charge is 0.418 e. The predicted molar refractivity (Wildman–Crippen MR) is 165 cm³/mol. The summed E-state index contributed by atoms with van der Waals surface area (Å²) in [5.41, 5.74) is 1.15. The van der Waals surface area contributed by atoms with Crippen molar-refractivity contribution in [2.75, 3.05) is 22.9 Å². The van der Waals surface area contributed by atoms with Crippen LogP contribution in [-0.4, -0.2) is 29.8 Å². The van der Waals surface area contributed by atoms with Crippen LogP contribution in [0, 0.1) is 10.8 Å². The highest BCUT2D eigenvalue weighted by Crippen LogP contribution is 2.52. The maximum Gasteiger partial charge on any atom is 0.418 e. The van der Waals surface area contributed by atoms with Gasteiger partial charge in [-0.2, -0.15) is 13.2 Å². The summed E-state index contributed by atoms with van der Waals surface area (Å²) in [5.74, 6) is -1.59. The Morgan fingerprint density at radius 3 is 2.16 bits per heavy atom. The highest BCUT2D eigenvalue weighted by Gasteiger charge is 2.48. The van der Waals surface area contributed by atoms with Crippen molar-refractivity contribution in [3.05, 3.63) is 112 Å². The number of carbonyl (C=O) groups excluding carboxylic acids is 1. The fourth-order valence-corrected chi connectivity index (χ4v) is 6.34. The molecule has 2 N–H and O–H groups in total. The van der Waals surface area contributed by atoms with Gasteiger partial charge in [-0.05, 0) is 55.5 Å². The van der Waals surface area contributed by atoms with Crippen LogP contribution >= 0.6 is 0 Å². The van der Waals surface area contributed by atoms with Crippen molar-refractivity contribution >= 4 is 28.8 Å². The van der Waals surface area contributed by atoms with E-state index >= 15 is 0 Å². The first kappa shape index (κ1) is 30.1. The zero-order valence-corrected chi connectivity index (χ0v) is 24.8. The lowest BCUT2D eigenvalue weighted by Crippen LogP contribution is -2.45. The predicted octanol–water partition coefficient (Wildman–Crippen LogP) is 8.75. The molecule has 1 aliphatic heterocycles. The number of amidine groups is 1. The molecule has 5 rings (SSSR count). The number of carbonyl (C=O) groups is 1. The number of hydrogen-bond donors (Lipinski definition) is 2. The van der Waals surface area contributed by atoms with Gasteiger partial charge in [-0.1, -0.05) is 68.4 Å². The summed E-state index contributed by atoms with van der Waals surface area (Å²) < 4.78 is 43.1. The quantitative estimate of drug-likeness (QED) is 0.283. The lowest BCUT2D eigenvalue weighted by atomic mass is 9.67. The van der Waals surface area contributed by atoms with E-state index in [9.17, 15) is 28.5 Å². The van der Waals surface area contributed by atoms with Crippen LogP contribution in [-0.2, 0) is 11.0 Å². The average Bonchev–Trinajstić information content (AvgIpc) is 2.97. The number of Topliss-reactive ketones (excluding diaryl/α,β-unsaturated/α-hetero) is 1. The summed E-state index contributed by atoms with van der Waals surface area (Å²) in [6.07, 6.45) is -4.22. The molecule has 1 aliphatic carbocycles. The van der Waals surface area contributed by atoms with E-state index < -0.39 is 23.1 Å². The highest BCUT2D eigenvalue weighted by atomic mass is 19.4. The molecule has 2 aliphatic rings. The Balaban J connectivity index is 1.84. The number of aliphatic hydroxyl groups excluding tert-OH is 1. The SMILES string of the molecule is CCN(CC)c1ccc(C2C(=C(O)c3ccccc3)C(=N)N(c3ccccc3C(F)(F)F)C3=C2C(=O)CC(C)(C)C3)cc1. The largest absolute Gasteiger partial charge is 0.507 e. The number of ketones is 1. The van der Waals surface area contributed by atoms with Gasteiger partial charge in [-0.15, -0.1) is 0 Å². The zero-order valence-electron chi connectivity index (χ0n) is 24.8. The van der Waals surface area contributed by atoms with Crippen molar-refractivity contribution in [2.24, 2.45) is 5.41 Å². The van der Waals surface area contributed by atoms with Gasteiger partial charge in [0.05, 0.1) is 11.3 Å². The molecule has 0 aromatic heterocycles. The molecule has 1 atom stereocenters.